The Morgan fingerprint density at radius 2 is 1.94 bits per heavy atom. The Balaban J connectivity index is 1.32. The number of alkyl halides is 3. The quantitative estimate of drug-likeness (QED) is 0.335. The van der Waals surface area contributed by atoms with E-state index in [1.165, 1.54) is 23.7 Å². The van der Waals surface area contributed by atoms with Gasteiger partial charge >= 0.3 is 6.18 Å². The van der Waals surface area contributed by atoms with Gasteiger partial charge in [0.2, 0.25) is 0 Å². The number of fused-ring (bicyclic) bond motifs is 1. The molecule has 0 bridgehead atoms. The second-order valence-electron chi connectivity index (χ2n) is 8.75. The number of rotatable bonds is 6. The third-order valence-corrected chi connectivity index (χ3v) is 7.30. The van der Waals surface area contributed by atoms with Crippen molar-refractivity contribution in [1.29, 1.82) is 0 Å². The van der Waals surface area contributed by atoms with Crippen LogP contribution >= 0.6 is 11.3 Å². The Bertz CT molecular complexity index is 1320. The maximum atomic E-state index is 12.7. The van der Waals surface area contributed by atoms with E-state index in [9.17, 15) is 13.2 Å². The molecule has 11 heteroatoms. The summed E-state index contributed by atoms with van der Waals surface area (Å²) in [5.41, 5.74) is 2.30. The molecule has 0 radical (unpaired) electrons. The van der Waals surface area contributed by atoms with Crippen LogP contribution < -0.4 is 4.74 Å². The Kier molecular flexibility index (Phi) is 5.33. The van der Waals surface area contributed by atoms with Gasteiger partial charge in [0, 0.05) is 48.0 Å². The van der Waals surface area contributed by atoms with Crippen molar-refractivity contribution in [3.63, 3.8) is 0 Å². The first-order valence-corrected chi connectivity index (χ1v) is 12.1. The molecule has 7 nitrogen and oxygen atoms in total. The van der Waals surface area contributed by atoms with E-state index in [0.29, 0.717) is 23.3 Å². The highest BCUT2D eigenvalue weighted by atomic mass is 32.1. The maximum Gasteiger partial charge on any atom is 0.408 e. The highest BCUT2D eigenvalue weighted by Gasteiger charge is 2.30. The van der Waals surface area contributed by atoms with Crippen LogP contribution in [0.15, 0.2) is 36.9 Å². The first kappa shape index (κ1) is 21.6. The molecule has 0 amide bonds. The van der Waals surface area contributed by atoms with Gasteiger partial charge in [-0.1, -0.05) is 0 Å². The summed E-state index contributed by atoms with van der Waals surface area (Å²) < 4.78 is 53.8. The van der Waals surface area contributed by atoms with Crippen LogP contribution in [-0.2, 0) is 11.3 Å². The fourth-order valence-corrected chi connectivity index (χ4v) is 5.30. The van der Waals surface area contributed by atoms with Crippen molar-refractivity contribution in [3.8, 4) is 21.9 Å². The molecule has 2 fully saturated rings. The van der Waals surface area contributed by atoms with Crippen molar-refractivity contribution in [2.24, 2.45) is 0 Å². The van der Waals surface area contributed by atoms with E-state index in [1.54, 1.807) is 6.20 Å². The molecule has 178 valence electrons. The van der Waals surface area contributed by atoms with Gasteiger partial charge in [-0.25, -0.2) is 0 Å². The maximum absolute atomic E-state index is 12.7. The van der Waals surface area contributed by atoms with Crippen molar-refractivity contribution >= 4 is 21.6 Å². The van der Waals surface area contributed by atoms with Gasteiger partial charge in [-0.15, -0.1) is 11.3 Å². The van der Waals surface area contributed by atoms with Crippen LogP contribution in [0.5, 0.6) is 11.5 Å². The van der Waals surface area contributed by atoms with E-state index in [0.717, 1.165) is 70.1 Å². The van der Waals surface area contributed by atoms with Crippen molar-refractivity contribution in [2.75, 3.05) is 13.2 Å². The van der Waals surface area contributed by atoms with Crippen LogP contribution in [0, 0.1) is 0 Å². The Labute approximate surface area is 197 Å². The average molecular weight is 490 g/mol. The monoisotopic (exact) mass is 489 g/mol. The lowest BCUT2D eigenvalue weighted by Gasteiger charge is -2.21. The number of thiophene rings is 1. The van der Waals surface area contributed by atoms with E-state index in [-0.39, 0.29) is 0 Å². The lowest BCUT2D eigenvalue weighted by Crippen LogP contribution is -2.17. The molecule has 6 rings (SSSR count). The van der Waals surface area contributed by atoms with E-state index in [4.69, 9.17) is 14.6 Å². The minimum Gasteiger partial charge on any atom is -0.452 e. The first-order valence-electron chi connectivity index (χ1n) is 11.3. The van der Waals surface area contributed by atoms with Gasteiger partial charge in [0.05, 0.1) is 28.7 Å². The van der Waals surface area contributed by atoms with E-state index < -0.39 is 12.7 Å². The first-order chi connectivity index (χ1) is 16.4. The molecule has 0 aromatic carbocycles. The number of ether oxygens (including phenoxy) is 2. The van der Waals surface area contributed by atoms with Crippen molar-refractivity contribution in [3.05, 3.63) is 42.6 Å². The molecule has 0 atom stereocenters. The van der Waals surface area contributed by atoms with Crippen LogP contribution in [0.4, 0.5) is 13.2 Å². The molecule has 1 saturated carbocycles. The number of aromatic nitrogens is 5. The van der Waals surface area contributed by atoms with Gasteiger partial charge in [0.1, 0.15) is 18.0 Å². The fourth-order valence-electron chi connectivity index (χ4n) is 4.26. The van der Waals surface area contributed by atoms with Gasteiger partial charge < -0.3 is 9.47 Å². The van der Waals surface area contributed by atoms with Crippen LogP contribution in [0.2, 0.25) is 0 Å². The standard InChI is InChI=1S/C23H22F3N5O2S/c24-23(25,26)13-30-11-15(10-28-30)20-9-17-22(34-20)18(3-6-27-17)33-19-12-31(16-1-2-16)29-21(19)14-4-7-32-8-5-14/h3,6,9-12,14,16H,1-2,4-5,7-8,13H2. The molecule has 0 unspecified atom stereocenters. The average Bonchev–Trinajstić information content (AvgIpc) is 3.20. The number of hydrogen-bond acceptors (Lipinski definition) is 6. The molecular weight excluding hydrogens is 467 g/mol. The van der Waals surface area contributed by atoms with Gasteiger partial charge in [0.15, 0.2) is 5.75 Å². The highest BCUT2D eigenvalue weighted by molar-refractivity contribution is 7.22. The number of hydrogen-bond donors (Lipinski definition) is 0. The molecule has 0 N–H and O–H groups in total. The Morgan fingerprint density at radius 3 is 2.71 bits per heavy atom. The van der Waals surface area contributed by atoms with Crippen LogP contribution in [-0.4, -0.2) is 43.9 Å². The lowest BCUT2D eigenvalue weighted by atomic mass is 9.96. The second-order valence-corrected chi connectivity index (χ2v) is 9.81. The molecule has 2 aliphatic rings. The molecule has 4 aromatic heterocycles. The van der Waals surface area contributed by atoms with Crippen LogP contribution in [0.1, 0.15) is 43.3 Å². The van der Waals surface area contributed by atoms with E-state index in [2.05, 4.69) is 10.1 Å². The SMILES string of the molecule is FC(F)(F)Cn1cc(-c2cc3nccc(Oc4cn(C5CC5)nc4C4CCOCC4)c3s2)cn1. The molecule has 4 aromatic rings. The summed E-state index contributed by atoms with van der Waals surface area (Å²) in [6, 6.07) is 4.11. The Morgan fingerprint density at radius 1 is 1.12 bits per heavy atom. The largest absolute Gasteiger partial charge is 0.452 e. The zero-order valence-corrected chi connectivity index (χ0v) is 19.0. The molecular formula is C23H22F3N5O2S. The minimum atomic E-state index is -4.32. The molecule has 1 saturated heterocycles. The smallest absolute Gasteiger partial charge is 0.408 e. The summed E-state index contributed by atoms with van der Waals surface area (Å²) in [6.07, 6.45) is 6.28. The molecule has 5 heterocycles. The van der Waals surface area contributed by atoms with E-state index in [1.807, 2.05) is 23.0 Å². The summed E-state index contributed by atoms with van der Waals surface area (Å²) in [5.74, 6) is 1.70. The lowest BCUT2D eigenvalue weighted by molar-refractivity contribution is -0.142. The molecule has 1 aliphatic carbocycles. The summed E-state index contributed by atoms with van der Waals surface area (Å²) in [4.78, 5) is 5.22. The second kappa shape index (κ2) is 8.38. The summed E-state index contributed by atoms with van der Waals surface area (Å²) in [5, 5.41) is 8.74. The van der Waals surface area contributed by atoms with Crippen LogP contribution in [0.3, 0.4) is 0 Å². The summed E-state index contributed by atoms with van der Waals surface area (Å²) in [6.45, 7) is 0.316. The van der Waals surface area contributed by atoms with Crippen molar-refractivity contribution < 1.29 is 22.6 Å². The summed E-state index contributed by atoms with van der Waals surface area (Å²) in [7, 11) is 0. The zero-order valence-electron chi connectivity index (χ0n) is 18.2. The number of halogens is 3. The molecule has 1 aliphatic heterocycles. The zero-order chi connectivity index (χ0) is 23.3. The van der Waals surface area contributed by atoms with Gasteiger partial charge in [-0.2, -0.15) is 23.4 Å². The normalized spacial score (nSPS) is 17.5. The third kappa shape index (κ3) is 4.41. The third-order valence-electron chi connectivity index (χ3n) is 6.11. The van der Waals surface area contributed by atoms with Crippen LogP contribution in [0.25, 0.3) is 20.7 Å². The van der Waals surface area contributed by atoms with Gasteiger partial charge in [-0.05, 0) is 31.7 Å². The summed E-state index contributed by atoms with van der Waals surface area (Å²) >= 11 is 1.43. The number of nitrogens with zero attached hydrogens (tertiary/aromatic N) is 5. The van der Waals surface area contributed by atoms with Crippen molar-refractivity contribution in [1.82, 2.24) is 24.5 Å². The minimum absolute atomic E-state index is 0.291. The molecule has 0 spiro atoms. The Hall–Kier alpha value is -2.92. The number of pyridine rings is 1. The fraction of sp³-hybridized carbons (Fsp3) is 0.435. The van der Waals surface area contributed by atoms with E-state index >= 15 is 0 Å². The predicted octanol–water partition coefficient (Wildman–Crippen LogP) is 5.94. The van der Waals surface area contributed by atoms with Crippen molar-refractivity contribution in [2.45, 2.75) is 50.4 Å². The van der Waals surface area contributed by atoms with Gasteiger partial charge in [0.25, 0.3) is 0 Å². The highest BCUT2D eigenvalue weighted by Crippen LogP contribution is 2.43. The topological polar surface area (TPSA) is 67.0 Å². The molecule has 34 heavy (non-hydrogen) atoms. The van der Waals surface area contributed by atoms with Gasteiger partial charge in [-0.3, -0.25) is 14.3 Å². The predicted molar refractivity (Wildman–Crippen MR) is 120 cm³/mol.